The number of rotatable bonds is 3. The predicted molar refractivity (Wildman–Crippen MR) is 43.7 cm³/mol. The molecule has 0 fully saturated rings. The number of nitrogens with one attached hydrogen (secondary N) is 1. The maximum absolute atomic E-state index is 10.3. The van der Waals surface area contributed by atoms with Crippen molar-refractivity contribution in [3.63, 3.8) is 0 Å². The van der Waals surface area contributed by atoms with Gasteiger partial charge in [0.15, 0.2) is 0 Å². The number of aromatic amines is 1. The number of nitrogens with zero attached hydrogens (tertiary/aromatic N) is 1. The molecule has 62 valence electrons. The summed E-state index contributed by atoms with van der Waals surface area (Å²) < 4.78 is 0. The van der Waals surface area contributed by atoms with Gasteiger partial charge in [-0.2, -0.15) is 0 Å². The molecule has 1 heterocycles. The first-order chi connectivity index (χ1) is 5.20. The number of H-pyrrole nitrogens is 1. The molecule has 0 saturated carbocycles. The number of hydrogen-bond donors (Lipinski definition) is 3. The minimum atomic E-state index is -1.01. The molecule has 0 saturated heterocycles. The van der Waals surface area contributed by atoms with Crippen LogP contribution in [0.1, 0.15) is 5.69 Å². The summed E-state index contributed by atoms with van der Waals surface area (Å²) in [5.41, 5.74) is 5.92. The Labute approximate surface area is 99.4 Å². The molecule has 0 amide bonds. The van der Waals surface area contributed by atoms with Gasteiger partial charge in [0.2, 0.25) is 0 Å². The van der Waals surface area contributed by atoms with Crippen molar-refractivity contribution in [1.29, 1.82) is 0 Å². The van der Waals surface area contributed by atoms with Crippen LogP contribution in [0.4, 0.5) is 0 Å². The standard InChI is InChI=1S/C6H9N3O2.Ca/c7-5(6(10)11)1-4-2-8-3-9-4;/h2-3,5H,1,7H2,(H,8,9)(H,10,11);/t5-;/m0./s1. The number of carbonyl (C=O) groups is 1. The molecule has 0 spiro atoms. The summed E-state index contributed by atoms with van der Waals surface area (Å²) in [4.78, 5) is 16.8. The molecular formula is C6H9CaN3O2. The summed E-state index contributed by atoms with van der Waals surface area (Å²) in [7, 11) is 0. The molecule has 0 unspecified atom stereocenters. The SMILES string of the molecule is N[C@@H](Cc1c[nH]cn1)C(=O)O.[Ca]. The van der Waals surface area contributed by atoms with Gasteiger partial charge in [0.05, 0.1) is 12.0 Å². The van der Waals surface area contributed by atoms with Crippen LogP contribution in [0.5, 0.6) is 0 Å². The first kappa shape index (κ1) is 11.9. The van der Waals surface area contributed by atoms with E-state index in [4.69, 9.17) is 10.8 Å². The third-order valence-electron chi connectivity index (χ3n) is 1.30. The van der Waals surface area contributed by atoms with Gasteiger partial charge >= 0.3 is 5.97 Å². The molecule has 6 heteroatoms. The molecule has 0 aliphatic heterocycles. The van der Waals surface area contributed by atoms with Crippen LogP contribution in [0.3, 0.4) is 0 Å². The zero-order chi connectivity index (χ0) is 8.27. The number of hydrogen-bond acceptors (Lipinski definition) is 3. The van der Waals surface area contributed by atoms with Gasteiger partial charge in [-0.3, -0.25) is 4.79 Å². The van der Waals surface area contributed by atoms with E-state index in [1.165, 1.54) is 6.33 Å². The fraction of sp³-hybridized carbons (Fsp3) is 0.333. The monoisotopic (exact) mass is 195 g/mol. The quantitative estimate of drug-likeness (QED) is 0.538. The van der Waals surface area contributed by atoms with E-state index in [0.29, 0.717) is 5.69 Å². The number of imidazole rings is 1. The first-order valence-electron chi connectivity index (χ1n) is 3.16. The van der Waals surface area contributed by atoms with Gasteiger partial charge in [-0.25, -0.2) is 4.98 Å². The van der Waals surface area contributed by atoms with Gasteiger partial charge in [0, 0.05) is 50.4 Å². The Bertz CT molecular complexity index is 237. The number of carboxylic acids is 1. The van der Waals surface area contributed by atoms with Crippen molar-refractivity contribution in [3.05, 3.63) is 18.2 Å². The van der Waals surface area contributed by atoms with Crippen molar-refractivity contribution in [2.75, 3.05) is 0 Å². The third-order valence-corrected chi connectivity index (χ3v) is 1.30. The Morgan fingerprint density at radius 3 is 2.92 bits per heavy atom. The van der Waals surface area contributed by atoms with Gasteiger partial charge in [0.1, 0.15) is 6.04 Å². The molecule has 1 aromatic rings. The molecule has 5 nitrogen and oxygen atoms in total. The molecule has 12 heavy (non-hydrogen) atoms. The molecule has 0 aromatic carbocycles. The van der Waals surface area contributed by atoms with E-state index in [0.717, 1.165) is 0 Å². The van der Waals surface area contributed by atoms with Crippen LogP contribution in [0, 0.1) is 0 Å². The van der Waals surface area contributed by atoms with Crippen molar-refractivity contribution in [2.24, 2.45) is 5.73 Å². The summed E-state index contributed by atoms with van der Waals surface area (Å²) >= 11 is 0. The van der Waals surface area contributed by atoms with Crippen LogP contribution >= 0.6 is 0 Å². The summed E-state index contributed by atoms with van der Waals surface area (Å²) in [5, 5.41) is 8.42. The smallest absolute Gasteiger partial charge is 0.320 e. The van der Waals surface area contributed by atoms with E-state index in [1.807, 2.05) is 0 Å². The van der Waals surface area contributed by atoms with Gasteiger partial charge in [-0.1, -0.05) is 0 Å². The average molecular weight is 195 g/mol. The summed E-state index contributed by atoms with van der Waals surface area (Å²) in [6.07, 6.45) is 3.38. The van der Waals surface area contributed by atoms with Crippen LogP contribution in [-0.2, 0) is 11.2 Å². The van der Waals surface area contributed by atoms with Crippen LogP contribution < -0.4 is 5.73 Å². The summed E-state index contributed by atoms with van der Waals surface area (Å²) in [6, 6.07) is -0.863. The Morgan fingerprint density at radius 2 is 2.50 bits per heavy atom. The van der Waals surface area contributed by atoms with Crippen molar-refractivity contribution >= 4 is 43.7 Å². The molecule has 0 aliphatic carbocycles. The van der Waals surface area contributed by atoms with Crippen LogP contribution in [-0.4, -0.2) is 64.8 Å². The van der Waals surface area contributed by atoms with Gasteiger partial charge in [-0.15, -0.1) is 0 Å². The van der Waals surface area contributed by atoms with E-state index in [2.05, 4.69) is 9.97 Å². The second kappa shape index (κ2) is 5.53. The van der Waals surface area contributed by atoms with Crippen molar-refractivity contribution < 1.29 is 9.90 Å². The van der Waals surface area contributed by atoms with Gasteiger partial charge in [-0.05, 0) is 0 Å². The minimum Gasteiger partial charge on any atom is -0.480 e. The molecular weight excluding hydrogens is 186 g/mol. The number of aromatic nitrogens is 2. The number of aliphatic carboxylic acids is 1. The normalized spacial score (nSPS) is 11.8. The molecule has 1 atom stereocenters. The van der Waals surface area contributed by atoms with E-state index in [9.17, 15) is 4.79 Å². The number of carboxylic acid groups (broad SMARTS) is 1. The molecule has 0 bridgehead atoms. The van der Waals surface area contributed by atoms with E-state index >= 15 is 0 Å². The molecule has 0 aliphatic rings. The minimum absolute atomic E-state index is 0. The third kappa shape index (κ3) is 3.53. The first-order valence-corrected chi connectivity index (χ1v) is 3.16. The Kier molecular flexibility index (Phi) is 5.48. The molecule has 1 aromatic heterocycles. The van der Waals surface area contributed by atoms with Crippen molar-refractivity contribution in [3.8, 4) is 0 Å². The van der Waals surface area contributed by atoms with E-state index < -0.39 is 12.0 Å². The largest absolute Gasteiger partial charge is 0.480 e. The maximum atomic E-state index is 10.3. The van der Waals surface area contributed by atoms with Gasteiger partial charge in [0.25, 0.3) is 0 Å². The molecule has 4 N–H and O–H groups in total. The fourth-order valence-corrected chi connectivity index (χ4v) is 0.715. The fourth-order valence-electron chi connectivity index (χ4n) is 0.715. The van der Waals surface area contributed by atoms with E-state index in [1.54, 1.807) is 6.20 Å². The summed E-state index contributed by atoms with van der Waals surface area (Å²) in [5.74, 6) is -1.01. The van der Waals surface area contributed by atoms with Crippen molar-refractivity contribution in [1.82, 2.24) is 9.97 Å². The van der Waals surface area contributed by atoms with Gasteiger partial charge < -0.3 is 15.8 Å². The average Bonchev–Trinajstić information content (AvgIpc) is 2.39. The number of nitrogens with two attached hydrogens (primary N) is 1. The zero-order valence-electron chi connectivity index (χ0n) is 6.53. The topological polar surface area (TPSA) is 92.0 Å². The Balaban J connectivity index is 0.00000121. The van der Waals surface area contributed by atoms with E-state index in [-0.39, 0.29) is 44.2 Å². The second-order valence-corrected chi connectivity index (χ2v) is 2.21. The summed E-state index contributed by atoms with van der Waals surface area (Å²) in [6.45, 7) is 0. The van der Waals surface area contributed by atoms with Crippen molar-refractivity contribution in [2.45, 2.75) is 12.5 Å². The maximum Gasteiger partial charge on any atom is 0.320 e. The Hall–Kier alpha value is -0.100. The van der Waals surface area contributed by atoms with Crippen LogP contribution in [0.2, 0.25) is 0 Å². The Morgan fingerprint density at radius 1 is 1.83 bits per heavy atom. The second-order valence-electron chi connectivity index (χ2n) is 2.21. The zero-order valence-corrected chi connectivity index (χ0v) is 8.73. The predicted octanol–water partition coefficient (Wildman–Crippen LogP) is -1.02. The van der Waals surface area contributed by atoms with Crippen LogP contribution in [0.15, 0.2) is 12.5 Å². The van der Waals surface area contributed by atoms with Crippen LogP contribution in [0.25, 0.3) is 0 Å². The molecule has 2 radical (unpaired) electrons. The molecule has 1 rings (SSSR count).